The number of nitrogens with zero attached hydrogens (tertiary/aromatic N) is 3. The fraction of sp³-hybridized carbons (Fsp3) is 0.333. The van der Waals surface area contributed by atoms with E-state index in [-0.39, 0.29) is 18.4 Å². The van der Waals surface area contributed by atoms with Crippen molar-refractivity contribution in [2.45, 2.75) is 18.9 Å². The number of benzene rings is 1. The molecule has 0 bridgehead atoms. The number of carbonyl (C=O) groups is 1. The molecule has 1 unspecified atom stereocenters. The van der Waals surface area contributed by atoms with Crippen LogP contribution in [0.2, 0.25) is 5.02 Å². The Balaban J connectivity index is 1.75. The third-order valence-electron chi connectivity index (χ3n) is 4.54. The van der Waals surface area contributed by atoms with E-state index in [2.05, 4.69) is 4.98 Å². The summed E-state index contributed by atoms with van der Waals surface area (Å²) in [5, 5.41) is 11.8. The van der Waals surface area contributed by atoms with E-state index in [4.69, 9.17) is 25.5 Å². The van der Waals surface area contributed by atoms with Crippen LogP contribution in [0.25, 0.3) is 10.2 Å². The van der Waals surface area contributed by atoms with Crippen molar-refractivity contribution in [1.82, 2.24) is 4.98 Å². The SMILES string of the molecule is COc1ccc(Cl)c2sc(N(CC3CCCO3)C(=O)c3ccc([N+](=O)[O-])o3)nc12. The number of thiazole rings is 1. The highest BCUT2D eigenvalue weighted by molar-refractivity contribution is 7.23. The van der Waals surface area contributed by atoms with E-state index in [1.807, 2.05) is 0 Å². The lowest BCUT2D eigenvalue weighted by Crippen LogP contribution is -2.37. The number of carbonyl (C=O) groups excluding carboxylic acids is 1. The maximum Gasteiger partial charge on any atom is 0.433 e. The second-order valence-electron chi connectivity index (χ2n) is 6.37. The molecule has 0 spiro atoms. The van der Waals surface area contributed by atoms with Crippen LogP contribution in [0.5, 0.6) is 5.75 Å². The Morgan fingerprint density at radius 2 is 2.28 bits per heavy atom. The Bertz CT molecular complexity index is 1070. The molecule has 1 aliphatic heterocycles. The Morgan fingerprint density at radius 3 is 2.93 bits per heavy atom. The lowest BCUT2D eigenvalue weighted by atomic mass is 10.2. The first-order chi connectivity index (χ1) is 14.0. The molecule has 2 aromatic heterocycles. The van der Waals surface area contributed by atoms with Crippen molar-refractivity contribution in [1.29, 1.82) is 0 Å². The van der Waals surface area contributed by atoms with Gasteiger partial charge in [-0.05, 0) is 31.0 Å². The van der Waals surface area contributed by atoms with Crippen LogP contribution in [0.15, 0.2) is 28.7 Å². The lowest BCUT2D eigenvalue weighted by molar-refractivity contribution is -0.402. The summed E-state index contributed by atoms with van der Waals surface area (Å²) in [7, 11) is 1.53. The summed E-state index contributed by atoms with van der Waals surface area (Å²) < 4.78 is 16.8. The Kier molecular flexibility index (Phi) is 5.39. The molecule has 1 fully saturated rings. The molecule has 3 aromatic rings. The number of rotatable bonds is 6. The van der Waals surface area contributed by atoms with Gasteiger partial charge in [0.2, 0.25) is 0 Å². The second-order valence-corrected chi connectivity index (χ2v) is 7.75. The average molecular weight is 438 g/mol. The standard InChI is InChI=1S/C18H16ClN3O6S/c1-26-12-5-4-11(19)16-15(12)20-18(29-16)21(9-10-3-2-8-27-10)17(23)13-6-7-14(28-13)22(24)25/h4-7,10H,2-3,8-9H2,1H3. The molecule has 1 amide bonds. The molecule has 1 saturated heterocycles. The van der Waals surface area contributed by atoms with E-state index >= 15 is 0 Å². The van der Waals surface area contributed by atoms with Gasteiger partial charge in [0.25, 0.3) is 5.91 Å². The van der Waals surface area contributed by atoms with E-state index < -0.39 is 16.7 Å². The molecule has 3 heterocycles. The number of amides is 1. The van der Waals surface area contributed by atoms with Gasteiger partial charge in [0, 0.05) is 6.61 Å². The number of ether oxygens (including phenoxy) is 2. The van der Waals surface area contributed by atoms with Gasteiger partial charge < -0.3 is 13.9 Å². The number of anilines is 1. The summed E-state index contributed by atoms with van der Waals surface area (Å²) in [6, 6.07) is 5.84. The summed E-state index contributed by atoms with van der Waals surface area (Å²) in [6.45, 7) is 0.867. The molecule has 0 aliphatic carbocycles. The van der Waals surface area contributed by atoms with Gasteiger partial charge in [0.05, 0.1) is 35.5 Å². The molecule has 152 valence electrons. The smallest absolute Gasteiger partial charge is 0.433 e. The fourth-order valence-electron chi connectivity index (χ4n) is 3.13. The van der Waals surface area contributed by atoms with Crippen molar-refractivity contribution in [2.24, 2.45) is 0 Å². The molecule has 29 heavy (non-hydrogen) atoms. The number of nitro groups is 1. The molecule has 0 saturated carbocycles. The highest BCUT2D eigenvalue weighted by Gasteiger charge is 2.30. The summed E-state index contributed by atoms with van der Waals surface area (Å²) >= 11 is 7.53. The molecule has 1 aromatic carbocycles. The van der Waals surface area contributed by atoms with Crippen LogP contribution in [-0.2, 0) is 4.74 Å². The average Bonchev–Trinajstić information content (AvgIpc) is 3.46. The third-order valence-corrected chi connectivity index (χ3v) is 6.07. The van der Waals surface area contributed by atoms with E-state index in [9.17, 15) is 14.9 Å². The second kappa shape index (κ2) is 7.97. The first-order valence-corrected chi connectivity index (χ1v) is 9.98. The molecule has 4 rings (SSSR count). The van der Waals surface area contributed by atoms with E-state index in [1.165, 1.54) is 29.4 Å². The lowest BCUT2D eigenvalue weighted by Gasteiger charge is -2.21. The molecular weight excluding hydrogens is 422 g/mol. The predicted octanol–water partition coefficient (Wildman–Crippen LogP) is 4.29. The number of furan rings is 1. The molecule has 9 nitrogen and oxygen atoms in total. The van der Waals surface area contributed by atoms with Crippen molar-refractivity contribution < 1.29 is 23.6 Å². The molecule has 0 radical (unpaired) electrons. The summed E-state index contributed by atoms with van der Waals surface area (Å²) in [5.74, 6) is -0.653. The van der Waals surface area contributed by atoms with Gasteiger partial charge in [-0.15, -0.1) is 0 Å². The fourth-order valence-corrected chi connectivity index (χ4v) is 4.40. The van der Waals surface area contributed by atoms with Crippen LogP contribution in [0.1, 0.15) is 23.4 Å². The van der Waals surface area contributed by atoms with Crippen molar-refractivity contribution in [3.63, 3.8) is 0 Å². The van der Waals surface area contributed by atoms with Gasteiger partial charge in [0.15, 0.2) is 10.9 Å². The number of hydrogen-bond acceptors (Lipinski definition) is 8. The van der Waals surface area contributed by atoms with Gasteiger partial charge in [-0.2, -0.15) is 0 Å². The highest BCUT2D eigenvalue weighted by Crippen LogP contribution is 2.39. The topological polar surface area (TPSA) is 108 Å². The quantitative estimate of drug-likeness (QED) is 0.418. The minimum atomic E-state index is -0.691. The number of halogens is 1. The maximum atomic E-state index is 13.1. The first-order valence-electron chi connectivity index (χ1n) is 8.78. The van der Waals surface area contributed by atoms with E-state index in [0.717, 1.165) is 18.9 Å². The van der Waals surface area contributed by atoms with E-state index in [1.54, 1.807) is 12.1 Å². The Labute approximate surface area is 173 Å². The third kappa shape index (κ3) is 3.78. The molecular formula is C18H16ClN3O6S. The van der Waals surface area contributed by atoms with Gasteiger partial charge in [0.1, 0.15) is 16.2 Å². The van der Waals surface area contributed by atoms with Gasteiger partial charge in [-0.3, -0.25) is 19.8 Å². The number of methoxy groups -OCH3 is 1. The van der Waals surface area contributed by atoms with Crippen molar-refractivity contribution in [3.8, 4) is 5.75 Å². The van der Waals surface area contributed by atoms with Crippen LogP contribution in [0, 0.1) is 10.1 Å². The van der Waals surface area contributed by atoms with Gasteiger partial charge in [-0.25, -0.2) is 4.98 Å². The molecule has 1 atom stereocenters. The summed E-state index contributed by atoms with van der Waals surface area (Å²) in [4.78, 5) is 29.3. The zero-order chi connectivity index (χ0) is 20.5. The van der Waals surface area contributed by atoms with Gasteiger partial charge >= 0.3 is 5.88 Å². The zero-order valence-corrected chi connectivity index (χ0v) is 16.9. The minimum Gasteiger partial charge on any atom is -0.494 e. The van der Waals surface area contributed by atoms with Crippen LogP contribution < -0.4 is 9.64 Å². The summed E-state index contributed by atoms with van der Waals surface area (Å²) in [5.41, 5.74) is 0.538. The monoisotopic (exact) mass is 437 g/mol. The van der Waals surface area contributed by atoms with Crippen LogP contribution >= 0.6 is 22.9 Å². The number of hydrogen-bond donors (Lipinski definition) is 0. The van der Waals surface area contributed by atoms with Crippen molar-refractivity contribution in [3.05, 3.63) is 45.2 Å². The largest absolute Gasteiger partial charge is 0.494 e. The minimum absolute atomic E-state index is 0.146. The van der Waals surface area contributed by atoms with Crippen LogP contribution in [-0.4, -0.2) is 42.2 Å². The van der Waals surface area contributed by atoms with Crippen molar-refractivity contribution >= 4 is 50.1 Å². The van der Waals surface area contributed by atoms with E-state index in [0.29, 0.717) is 32.7 Å². The Morgan fingerprint density at radius 1 is 1.45 bits per heavy atom. The number of fused-ring (bicyclic) bond motifs is 1. The molecule has 0 N–H and O–H groups in total. The number of aromatic nitrogens is 1. The van der Waals surface area contributed by atoms with Crippen molar-refractivity contribution in [2.75, 3.05) is 25.2 Å². The first kappa shape index (κ1) is 19.6. The maximum absolute atomic E-state index is 13.1. The summed E-state index contributed by atoms with van der Waals surface area (Å²) in [6.07, 6.45) is 1.54. The highest BCUT2D eigenvalue weighted by atomic mass is 35.5. The Hall–Kier alpha value is -2.69. The van der Waals surface area contributed by atoms with Crippen LogP contribution in [0.4, 0.5) is 11.0 Å². The predicted molar refractivity (Wildman–Crippen MR) is 107 cm³/mol. The molecule has 1 aliphatic rings. The normalized spacial score (nSPS) is 16.3. The zero-order valence-electron chi connectivity index (χ0n) is 15.3. The van der Waals surface area contributed by atoms with Gasteiger partial charge in [-0.1, -0.05) is 22.9 Å². The van der Waals surface area contributed by atoms with Crippen LogP contribution in [0.3, 0.4) is 0 Å². The molecule has 11 heteroatoms.